The maximum Gasteiger partial charge on any atom is 0.290 e. The first-order chi connectivity index (χ1) is 10.7. The summed E-state index contributed by atoms with van der Waals surface area (Å²) in [5.74, 6) is -0.0872. The SMILES string of the molecule is N#Cc1cccc(NC(=O)C[n+]2ccc3c(c2)CCCC3)c1. The predicted octanol–water partition coefficient (Wildman–Crippen LogP) is 2.36. The molecule has 2 aromatic rings. The van der Waals surface area contributed by atoms with Gasteiger partial charge in [0.2, 0.25) is 6.54 Å². The van der Waals surface area contributed by atoms with E-state index < -0.39 is 0 Å². The first-order valence-electron chi connectivity index (χ1n) is 7.55. The van der Waals surface area contributed by atoms with Gasteiger partial charge in [0.15, 0.2) is 12.4 Å². The van der Waals surface area contributed by atoms with Crippen molar-refractivity contribution in [1.29, 1.82) is 5.26 Å². The van der Waals surface area contributed by atoms with E-state index in [1.165, 1.54) is 24.0 Å². The summed E-state index contributed by atoms with van der Waals surface area (Å²) >= 11 is 0. The Bertz CT molecular complexity index is 746. The number of anilines is 1. The number of benzene rings is 1. The largest absolute Gasteiger partial charge is 0.321 e. The number of nitriles is 1. The van der Waals surface area contributed by atoms with Gasteiger partial charge in [-0.2, -0.15) is 9.83 Å². The van der Waals surface area contributed by atoms with Gasteiger partial charge < -0.3 is 5.32 Å². The maximum absolute atomic E-state index is 12.1. The zero-order valence-corrected chi connectivity index (χ0v) is 12.4. The molecule has 1 amide bonds. The van der Waals surface area contributed by atoms with Crippen molar-refractivity contribution in [2.24, 2.45) is 0 Å². The molecule has 0 atom stereocenters. The number of carbonyl (C=O) groups is 1. The summed E-state index contributed by atoms with van der Waals surface area (Å²) < 4.78 is 1.92. The van der Waals surface area contributed by atoms with E-state index in [9.17, 15) is 4.79 Å². The van der Waals surface area contributed by atoms with Crippen molar-refractivity contribution in [2.75, 3.05) is 5.32 Å². The third-order valence-electron chi connectivity index (χ3n) is 3.95. The lowest BCUT2D eigenvalue weighted by Crippen LogP contribution is -2.40. The Morgan fingerprint density at radius 2 is 2.05 bits per heavy atom. The van der Waals surface area contributed by atoms with Crippen LogP contribution in [0.15, 0.2) is 42.7 Å². The Balaban J connectivity index is 1.68. The highest BCUT2D eigenvalue weighted by molar-refractivity contribution is 5.89. The highest BCUT2D eigenvalue weighted by Gasteiger charge is 2.15. The predicted molar refractivity (Wildman–Crippen MR) is 83.1 cm³/mol. The molecule has 1 heterocycles. The highest BCUT2D eigenvalue weighted by atomic mass is 16.1. The molecule has 0 spiro atoms. The van der Waals surface area contributed by atoms with Crippen LogP contribution in [0, 0.1) is 11.3 Å². The van der Waals surface area contributed by atoms with E-state index in [1.807, 2.05) is 10.8 Å². The molecule has 0 saturated carbocycles. The van der Waals surface area contributed by atoms with Crippen molar-refractivity contribution >= 4 is 11.6 Å². The number of amides is 1. The van der Waals surface area contributed by atoms with E-state index in [2.05, 4.69) is 23.6 Å². The molecule has 0 radical (unpaired) electrons. The molecule has 4 nitrogen and oxygen atoms in total. The number of fused-ring (bicyclic) bond motifs is 1. The van der Waals surface area contributed by atoms with Gasteiger partial charge in [0, 0.05) is 17.3 Å². The lowest BCUT2D eigenvalue weighted by Gasteiger charge is -2.13. The van der Waals surface area contributed by atoms with Crippen LogP contribution in [0.25, 0.3) is 0 Å². The normalized spacial score (nSPS) is 13.0. The van der Waals surface area contributed by atoms with Gasteiger partial charge in [0.25, 0.3) is 5.91 Å². The summed E-state index contributed by atoms with van der Waals surface area (Å²) in [6.07, 6.45) is 8.78. The summed E-state index contributed by atoms with van der Waals surface area (Å²) in [5, 5.41) is 11.7. The van der Waals surface area contributed by atoms with Crippen LogP contribution in [0.2, 0.25) is 0 Å². The van der Waals surface area contributed by atoms with E-state index >= 15 is 0 Å². The van der Waals surface area contributed by atoms with Crippen LogP contribution in [0.4, 0.5) is 5.69 Å². The van der Waals surface area contributed by atoms with E-state index in [1.54, 1.807) is 24.3 Å². The van der Waals surface area contributed by atoms with Gasteiger partial charge >= 0.3 is 0 Å². The van der Waals surface area contributed by atoms with Crippen LogP contribution in [-0.2, 0) is 24.2 Å². The fourth-order valence-corrected chi connectivity index (χ4v) is 2.85. The van der Waals surface area contributed by atoms with E-state index in [-0.39, 0.29) is 12.5 Å². The topological polar surface area (TPSA) is 56.8 Å². The van der Waals surface area contributed by atoms with Gasteiger partial charge in [-0.1, -0.05) is 6.07 Å². The van der Waals surface area contributed by atoms with Crippen molar-refractivity contribution in [2.45, 2.75) is 32.2 Å². The monoisotopic (exact) mass is 292 g/mol. The van der Waals surface area contributed by atoms with Crippen LogP contribution in [0.1, 0.15) is 29.5 Å². The maximum atomic E-state index is 12.1. The molecule has 1 aliphatic carbocycles. The standard InChI is InChI=1S/C18H17N3O/c19-11-14-4-3-7-17(10-14)20-18(22)13-21-9-8-15-5-1-2-6-16(15)12-21/h3-4,7-10,12H,1-2,5-6,13H2/p+1. The molecule has 4 heteroatoms. The number of carbonyl (C=O) groups excluding carboxylic acids is 1. The molecule has 0 aliphatic heterocycles. The molecular formula is C18H18N3O+. The van der Waals surface area contributed by atoms with Crippen LogP contribution < -0.4 is 9.88 Å². The van der Waals surface area contributed by atoms with Crippen LogP contribution >= 0.6 is 0 Å². The van der Waals surface area contributed by atoms with Crippen LogP contribution in [-0.4, -0.2) is 5.91 Å². The van der Waals surface area contributed by atoms with Crippen molar-refractivity contribution in [1.82, 2.24) is 0 Å². The van der Waals surface area contributed by atoms with Crippen molar-refractivity contribution < 1.29 is 9.36 Å². The van der Waals surface area contributed by atoms with Gasteiger partial charge in [0.1, 0.15) is 0 Å². The fourth-order valence-electron chi connectivity index (χ4n) is 2.85. The molecule has 0 fully saturated rings. The fraction of sp³-hybridized carbons (Fsp3) is 0.278. The van der Waals surface area contributed by atoms with Crippen LogP contribution in [0.3, 0.4) is 0 Å². The molecule has 0 unspecified atom stereocenters. The van der Waals surface area contributed by atoms with Crippen LogP contribution in [0.5, 0.6) is 0 Å². The first-order valence-corrected chi connectivity index (χ1v) is 7.55. The molecule has 110 valence electrons. The Morgan fingerprint density at radius 1 is 1.23 bits per heavy atom. The number of pyridine rings is 1. The Morgan fingerprint density at radius 3 is 2.86 bits per heavy atom. The second-order valence-electron chi connectivity index (χ2n) is 5.62. The first kappa shape index (κ1) is 14.3. The molecule has 22 heavy (non-hydrogen) atoms. The van der Waals surface area contributed by atoms with E-state index in [4.69, 9.17) is 5.26 Å². The zero-order valence-electron chi connectivity index (χ0n) is 12.4. The highest BCUT2D eigenvalue weighted by Crippen LogP contribution is 2.18. The van der Waals surface area contributed by atoms with Crippen molar-refractivity contribution in [3.05, 3.63) is 59.4 Å². The number of hydrogen-bond donors (Lipinski definition) is 1. The molecule has 0 saturated heterocycles. The minimum atomic E-state index is -0.0872. The molecule has 3 rings (SSSR count). The second-order valence-corrected chi connectivity index (χ2v) is 5.62. The minimum Gasteiger partial charge on any atom is -0.321 e. The number of aryl methyl sites for hydroxylation is 2. The lowest BCUT2D eigenvalue weighted by molar-refractivity contribution is -0.684. The third-order valence-corrected chi connectivity index (χ3v) is 3.95. The van der Waals surface area contributed by atoms with Gasteiger partial charge in [-0.3, -0.25) is 4.79 Å². The van der Waals surface area contributed by atoms with Crippen molar-refractivity contribution in [3.63, 3.8) is 0 Å². The van der Waals surface area contributed by atoms with Gasteiger partial charge in [-0.15, -0.1) is 0 Å². The summed E-state index contributed by atoms with van der Waals surface area (Å²) in [6.45, 7) is 0.282. The zero-order chi connectivity index (χ0) is 15.4. The number of nitrogens with one attached hydrogen (secondary N) is 1. The van der Waals surface area contributed by atoms with Gasteiger partial charge in [0.05, 0.1) is 11.6 Å². The Kier molecular flexibility index (Phi) is 4.15. The Labute approximate surface area is 130 Å². The summed E-state index contributed by atoms with van der Waals surface area (Å²) in [6, 6.07) is 11.1. The average molecular weight is 292 g/mol. The minimum absolute atomic E-state index is 0.0872. The molecule has 1 aromatic heterocycles. The van der Waals surface area contributed by atoms with E-state index in [0.29, 0.717) is 11.3 Å². The molecule has 0 bridgehead atoms. The summed E-state index contributed by atoms with van der Waals surface area (Å²) in [7, 11) is 0. The number of rotatable bonds is 3. The van der Waals surface area contributed by atoms with Gasteiger partial charge in [-0.05, 0) is 49.4 Å². The molecule has 1 aliphatic rings. The van der Waals surface area contributed by atoms with Crippen molar-refractivity contribution in [3.8, 4) is 6.07 Å². The quantitative estimate of drug-likeness (QED) is 0.883. The Hall–Kier alpha value is -2.67. The van der Waals surface area contributed by atoms with Gasteiger partial charge in [-0.25, -0.2) is 0 Å². The number of aromatic nitrogens is 1. The lowest BCUT2D eigenvalue weighted by atomic mass is 9.93. The average Bonchev–Trinajstić information content (AvgIpc) is 2.55. The smallest absolute Gasteiger partial charge is 0.290 e. The molecule has 1 aromatic carbocycles. The summed E-state index contributed by atoms with van der Waals surface area (Å²) in [4.78, 5) is 12.1. The summed E-state index contributed by atoms with van der Waals surface area (Å²) in [5.41, 5.74) is 3.96. The third kappa shape index (κ3) is 3.32. The number of nitrogens with zero attached hydrogens (tertiary/aromatic N) is 2. The molecule has 1 N–H and O–H groups in total. The number of hydrogen-bond acceptors (Lipinski definition) is 2. The molecular weight excluding hydrogens is 274 g/mol. The van der Waals surface area contributed by atoms with E-state index in [0.717, 1.165) is 12.8 Å². The second kappa shape index (κ2) is 6.40.